The standard InChI is InChI=1S/C4H3NO2/c6-2-1-5-4-3(2)7-4/h1,5-6H. The Hall–Kier alpha value is -1.12. The Labute approximate surface area is 39.5 Å². The molecule has 0 fully saturated rings. The van der Waals surface area contributed by atoms with Crippen LogP contribution in [0.5, 0.6) is 17.4 Å². The Morgan fingerprint density at radius 2 is 2.57 bits per heavy atom. The Kier molecular flexibility index (Phi) is 0.262. The lowest BCUT2D eigenvalue weighted by atomic mass is 10.6. The molecule has 2 rings (SSSR count). The maximum atomic E-state index is 8.66. The van der Waals surface area contributed by atoms with Gasteiger partial charge < -0.3 is 14.8 Å². The Balaban J connectivity index is 2.76. The van der Waals surface area contributed by atoms with E-state index in [2.05, 4.69) is 9.72 Å². The van der Waals surface area contributed by atoms with Crippen LogP contribution in [-0.4, -0.2) is 10.1 Å². The summed E-state index contributed by atoms with van der Waals surface area (Å²) in [6.45, 7) is 0. The number of rotatable bonds is 0. The summed E-state index contributed by atoms with van der Waals surface area (Å²) in [6.07, 6.45) is 1.49. The van der Waals surface area contributed by atoms with E-state index < -0.39 is 0 Å². The van der Waals surface area contributed by atoms with Gasteiger partial charge in [-0.25, -0.2) is 0 Å². The molecule has 1 aromatic rings. The summed E-state index contributed by atoms with van der Waals surface area (Å²) >= 11 is 0. The molecule has 0 aromatic carbocycles. The second-order valence-electron chi connectivity index (χ2n) is 1.43. The van der Waals surface area contributed by atoms with Gasteiger partial charge >= 0.3 is 0 Å². The molecule has 2 heterocycles. The average Bonchev–Trinajstić information content (AvgIpc) is 2.33. The first-order valence-electron chi connectivity index (χ1n) is 1.96. The van der Waals surface area contributed by atoms with E-state index in [1.165, 1.54) is 6.20 Å². The number of ether oxygens (including phenoxy) is 1. The van der Waals surface area contributed by atoms with Crippen LogP contribution in [0, 0.1) is 0 Å². The lowest BCUT2D eigenvalue weighted by molar-refractivity contribution is 0.456. The lowest BCUT2D eigenvalue weighted by Gasteiger charge is -1.75. The van der Waals surface area contributed by atoms with E-state index in [4.69, 9.17) is 5.11 Å². The van der Waals surface area contributed by atoms with Crippen molar-refractivity contribution < 1.29 is 9.84 Å². The van der Waals surface area contributed by atoms with E-state index in [1.807, 2.05) is 0 Å². The monoisotopic (exact) mass is 97.0 g/mol. The molecule has 0 saturated heterocycles. The zero-order chi connectivity index (χ0) is 4.85. The first-order chi connectivity index (χ1) is 3.38. The van der Waals surface area contributed by atoms with Crippen molar-refractivity contribution in [2.75, 3.05) is 0 Å². The maximum absolute atomic E-state index is 8.66. The maximum Gasteiger partial charge on any atom is 0.245 e. The molecule has 3 heteroatoms. The van der Waals surface area contributed by atoms with Gasteiger partial charge in [-0.2, -0.15) is 0 Å². The quantitative estimate of drug-likeness (QED) is 0.478. The van der Waals surface area contributed by atoms with Crippen molar-refractivity contribution in [3.8, 4) is 17.4 Å². The lowest BCUT2D eigenvalue weighted by Crippen LogP contribution is -1.58. The van der Waals surface area contributed by atoms with Crippen LogP contribution in [0.3, 0.4) is 0 Å². The van der Waals surface area contributed by atoms with Crippen molar-refractivity contribution in [2.24, 2.45) is 0 Å². The molecule has 1 aliphatic heterocycles. The summed E-state index contributed by atoms with van der Waals surface area (Å²) in [5.74, 6) is 1.49. The van der Waals surface area contributed by atoms with Crippen molar-refractivity contribution in [1.82, 2.24) is 4.98 Å². The second kappa shape index (κ2) is 0.621. The van der Waals surface area contributed by atoms with Crippen molar-refractivity contribution in [3.63, 3.8) is 0 Å². The van der Waals surface area contributed by atoms with Crippen molar-refractivity contribution in [2.45, 2.75) is 0 Å². The highest BCUT2D eigenvalue weighted by Crippen LogP contribution is 2.51. The minimum atomic E-state index is 0.204. The number of aromatic nitrogens is 1. The van der Waals surface area contributed by atoms with Crippen LogP contribution in [0.1, 0.15) is 0 Å². The largest absolute Gasteiger partial charge is 0.503 e. The predicted molar refractivity (Wildman–Crippen MR) is 22.5 cm³/mol. The highest BCUT2D eigenvalue weighted by molar-refractivity contribution is 5.58. The van der Waals surface area contributed by atoms with Gasteiger partial charge in [0, 0.05) is 0 Å². The molecule has 0 saturated carbocycles. The molecule has 0 unspecified atom stereocenters. The fraction of sp³-hybridized carbons (Fsp3) is 0. The van der Waals surface area contributed by atoms with Gasteiger partial charge in [-0.1, -0.05) is 0 Å². The van der Waals surface area contributed by atoms with E-state index in [9.17, 15) is 0 Å². The summed E-state index contributed by atoms with van der Waals surface area (Å²) in [5, 5.41) is 8.66. The van der Waals surface area contributed by atoms with Gasteiger partial charge in [0.1, 0.15) is 0 Å². The fourth-order valence-electron chi connectivity index (χ4n) is 0.540. The first-order valence-corrected chi connectivity index (χ1v) is 1.96. The molecule has 7 heavy (non-hydrogen) atoms. The molecule has 0 radical (unpaired) electrons. The van der Waals surface area contributed by atoms with E-state index in [-0.39, 0.29) is 5.75 Å². The normalized spacial score (nSPS) is 12.6. The van der Waals surface area contributed by atoms with Gasteiger partial charge in [-0.3, -0.25) is 0 Å². The predicted octanol–water partition coefficient (Wildman–Crippen LogP) is 0.826. The molecular formula is C4H3NO2. The van der Waals surface area contributed by atoms with Gasteiger partial charge in [-0.15, -0.1) is 0 Å². The van der Waals surface area contributed by atoms with Gasteiger partial charge in [0.15, 0.2) is 5.75 Å². The average molecular weight is 97.1 g/mol. The van der Waals surface area contributed by atoms with Crippen LogP contribution in [-0.2, 0) is 0 Å². The third kappa shape index (κ3) is 0.210. The minimum Gasteiger partial charge on any atom is -0.503 e. The summed E-state index contributed by atoms with van der Waals surface area (Å²) in [7, 11) is 0. The fourth-order valence-corrected chi connectivity index (χ4v) is 0.540. The topological polar surface area (TPSA) is 48.5 Å². The third-order valence-corrected chi connectivity index (χ3v) is 0.941. The third-order valence-electron chi connectivity index (χ3n) is 0.941. The number of fused-ring (bicyclic) bond motifs is 1. The molecule has 2 N–H and O–H groups in total. The molecule has 36 valence electrons. The van der Waals surface area contributed by atoms with Crippen LogP contribution < -0.4 is 4.74 Å². The van der Waals surface area contributed by atoms with Crippen LogP contribution >= 0.6 is 0 Å². The SMILES string of the molecule is Oc1c[nH]c2c1O2. The smallest absolute Gasteiger partial charge is 0.245 e. The van der Waals surface area contributed by atoms with Crippen molar-refractivity contribution in [1.29, 1.82) is 0 Å². The number of nitrogens with one attached hydrogen (secondary N) is 1. The van der Waals surface area contributed by atoms with E-state index >= 15 is 0 Å². The highest BCUT2D eigenvalue weighted by Gasteiger charge is 2.26. The molecule has 0 amide bonds. The molecular weight excluding hydrogens is 94.0 g/mol. The molecule has 1 aromatic heterocycles. The molecule has 0 spiro atoms. The molecule has 0 atom stereocenters. The molecule has 0 aliphatic carbocycles. The van der Waals surface area contributed by atoms with E-state index in [0.717, 1.165) is 0 Å². The number of hydrogen-bond acceptors (Lipinski definition) is 2. The van der Waals surface area contributed by atoms with Crippen molar-refractivity contribution in [3.05, 3.63) is 6.20 Å². The van der Waals surface area contributed by atoms with Crippen molar-refractivity contribution >= 4 is 0 Å². The molecule has 3 nitrogen and oxygen atoms in total. The number of H-pyrrole nitrogens is 1. The zero-order valence-electron chi connectivity index (χ0n) is 3.43. The van der Waals surface area contributed by atoms with Gasteiger partial charge in [0.05, 0.1) is 6.20 Å². The summed E-state index contributed by atoms with van der Waals surface area (Å²) in [4.78, 5) is 2.69. The van der Waals surface area contributed by atoms with Gasteiger partial charge in [-0.05, 0) is 0 Å². The van der Waals surface area contributed by atoms with Crippen LogP contribution in [0.15, 0.2) is 6.20 Å². The first kappa shape index (κ1) is 2.96. The summed E-state index contributed by atoms with van der Waals surface area (Å²) in [6, 6.07) is 0. The van der Waals surface area contributed by atoms with Crippen LogP contribution in [0.2, 0.25) is 0 Å². The van der Waals surface area contributed by atoms with E-state index in [1.54, 1.807) is 0 Å². The Morgan fingerprint density at radius 3 is 2.71 bits per heavy atom. The minimum absolute atomic E-state index is 0.204. The number of aromatic amines is 1. The highest BCUT2D eigenvalue weighted by atomic mass is 16.6. The number of hydrogen-bond donors (Lipinski definition) is 2. The Morgan fingerprint density at radius 1 is 1.71 bits per heavy atom. The molecule has 0 bridgehead atoms. The van der Waals surface area contributed by atoms with E-state index in [0.29, 0.717) is 11.6 Å². The Bertz CT molecular complexity index is 203. The zero-order valence-corrected chi connectivity index (χ0v) is 3.43. The number of aromatic hydroxyl groups is 1. The molecule has 1 aliphatic rings. The van der Waals surface area contributed by atoms with Crippen LogP contribution in [0.4, 0.5) is 0 Å². The second-order valence-corrected chi connectivity index (χ2v) is 1.43. The summed E-state index contributed by atoms with van der Waals surface area (Å²) < 4.78 is 4.67. The van der Waals surface area contributed by atoms with Gasteiger partial charge in [0.25, 0.3) is 0 Å². The van der Waals surface area contributed by atoms with Gasteiger partial charge in [0.2, 0.25) is 11.6 Å². The summed E-state index contributed by atoms with van der Waals surface area (Å²) in [5.41, 5.74) is 0. The van der Waals surface area contributed by atoms with Crippen LogP contribution in [0.25, 0.3) is 0 Å².